The first-order chi connectivity index (χ1) is 14.0. The Labute approximate surface area is 179 Å². The molecule has 0 aliphatic rings. The van der Waals surface area contributed by atoms with Crippen LogP contribution in [-0.2, 0) is 13.1 Å². The van der Waals surface area contributed by atoms with Crippen LogP contribution in [0.25, 0.3) is 0 Å². The largest absolute Gasteiger partial charge is 0.361 e. The van der Waals surface area contributed by atoms with Gasteiger partial charge in [0.1, 0.15) is 5.76 Å². The number of carbonyl (C=O) groups is 1. The number of nitrogens with zero attached hydrogens (tertiary/aromatic N) is 5. The van der Waals surface area contributed by atoms with E-state index in [-0.39, 0.29) is 5.69 Å². The molecule has 0 aliphatic heterocycles. The summed E-state index contributed by atoms with van der Waals surface area (Å²) in [6.45, 7) is 2.66. The number of nitrogens with one attached hydrogen (secondary N) is 1. The van der Waals surface area contributed by atoms with Gasteiger partial charge >= 0.3 is 0 Å². The van der Waals surface area contributed by atoms with Crippen molar-refractivity contribution in [2.75, 3.05) is 5.32 Å². The number of halogens is 2. The van der Waals surface area contributed by atoms with Gasteiger partial charge in [0.15, 0.2) is 11.5 Å². The summed E-state index contributed by atoms with van der Waals surface area (Å²) >= 11 is 9.32. The Morgan fingerprint density at radius 3 is 2.72 bits per heavy atom. The number of benzene rings is 1. The molecule has 0 atom stereocenters. The van der Waals surface area contributed by atoms with E-state index in [1.165, 1.54) is 6.20 Å². The van der Waals surface area contributed by atoms with Gasteiger partial charge in [-0.2, -0.15) is 10.2 Å². The van der Waals surface area contributed by atoms with Crippen molar-refractivity contribution in [1.29, 1.82) is 0 Å². The number of rotatable bonds is 6. The standard InChI is InChI=1S/C19H16BrClN6O2/c1-12-16(11-27-10-15(21)8-22-27)18(25-29-12)19(28)23-17-6-7-26(24-17)9-13-2-4-14(20)5-3-13/h2-8,10H,9,11H2,1H3,(H,23,24,28). The van der Waals surface area contributed by atoms with Gasteiger partial charge in [-0.15, -0.1) is 0 Å². The van der Waals surface area contributed by atoms with Crippen LogP contribution in [0.4, 0.5) is 5.82 Å². The van der Waals surface area contributed by atoms with Gasteiger partial charge in [0.2, 0.25) is 0 Å². The molecule has 0 saturated heterocycles. The minimum atomic E-state index is -0.399. The first kappa shape index (κ1) is 19.4. The van der Waals surface area contributed by atoms with E-state index in [1.807, 2.05) is 24.3 Å². The molecule has 0 aliphatic carbocycles. The molecule has 0 spiro atoms. The van der Waals surface area contributed by atoms with E-state index in [9.17, 15) is 4.79 Å². The monoisotopic (exact) mass is 474 g/mol. The fourth-order valence-corrected chi connectivity index (χ4v) is 3.23. The van der Waals surface area contributed by atoms with Crippen molar-refractivity contribution in [3.05, 3.63) is 81.0 Å². The molecule has 0 radical (unpaired) electrons. The third-order valence-electron chi connectivity index (χ3n) is 4.26. The highest BCUT2D eigenvalue weighted by atomic mass is 79.9. The zero-order valence-corrected chi connectivity index (χ0v) is 17.7. The smallest absolute Gasteiger partial charge is 0.279 e. The maximum absolute atomic E-state index is 12.7. The molecule has 1 aromatic carbocycles. The van der Waals surface area contributed by atoms with Crippen molar-refractivity contribution >= 4 is 39.3 Å². The molecule has 148 valence electrons. The van der Waals surface area contributed by atoms with E-state index >= 15 is 0 Å². The Bertz CT molecular complexity index is 1150. The minimum Gasteiger partial charge on any atom is -0.361 e. The lowest BCUT2D eigenvalue weighted by Crippen LogP contribution is -2.16. The molecule has 4 aromatic rings. The second-order valence-corrected chi connectivity index (χ2v) is 7.75. The lowest BCUT2D eigenvalue weighted by Gasteiger charge is -2.04. The predicted octanol–water partition coefficient (Wildman–Crippen LogP) is 4.14. The van der Waals surface area contributed by atoms with Crippen molar-refractivity contribution in [1.82, 2.24) is 24.7 Å². The average Bonchev–Trinajstić information content (AvgIpc) is 3.40. The number of hydrogen-bond donors (Lipinski definition) is 1. The molecule has 4 rings (SSSR count). The molecule has 8 nitrogen and oxygen atoms in total. The quantitative estimate of drug-likeness (QED) is 0.452. The van der Waals surface area contributed by atoms with E-state index in [0.29, 0.717) is 35.3 Å². The Balaban J connectivity index is 1.46. The number of aryl methyl sites for hydroxylation is 1. The number of hydrogen-bond acceptors (Lipinski definition) is 5. The number of carbonyl (C=O) groups excluding carboxylic acids is 1. The second kappa shape index (κ2) is 8.22. The topological polar surface area (TPSA) is 90.8 Å². The summed E-state index contributed by atoms with van der Waals surface area (Å²) < 4.78 is 9.60. The predicted molar refractivity (Wildman–Crippen MR) is 111 cm³/mol. The summed E-state index contributed by atoms with van der Waals surface area (Å²) in [5.41, 5.74) is 1.93. The molecule has 0 unspecified atom stereocenters. The van der Waals surface area contributed by atoms with Crippen LogP contribution in [0.15, 0.2) is 57.9 Å². The molecule has 0 fully saturated rings. The summed E-state index contributed by atoms with van der Waals surface area (Å²) in [5, 5.41) is 15.7. The van der Waals surface area contributed by atoms with Gasteiger partial charge < -0.3 is 9.84 Å². The summed E-state index contributed by atoms with van der Waals surface area (Å²) in [6.07, 6.45) is 5.00. The molecule has 29 heavy (non-hydrogen) atoms. The van der Waals surface area contributed by atoms with Crippen LogP contribution in [0, 0.1) is 6.92 Å². The molecular weight excluding hydrogens is 460 g/mol. The summed E-state index contributed by atoms with van der Waals surface area (Å²) in [7, 11) is 0. The van der Waals surface area contributed by atoms with Crippen LogP contribution < -0.4 is 5.32 Å². The Morgan fingerprint density at radius 1 is 1.21 bits per heavy atom. The highest BCUT2D eigenvalue weighted by molar-refractivity contribution is 9.10. The molecular formula is C19H16BrClN6O2. The maximum Gasteiger partial charge on any atom is 0.279 e. The van der Waals surface area contributed by atoms with Crippen LogP contribution in [0.5, 0.6) is 0 Å². The van der Waals surface area contributed by atoms with Crippen LogP contribution in [0.3, 0.4) is 0 Å². The number of amides is 1. The highest BCUT2D eigenvalue weighted by Gasteiger charge is 2.21. The van der Waals surface area contributed by atoms with Gasteiger partial charge in [-0.25, -0.2) is 0 Å². The van der Waals surface area contributed by atoms with Gasteiger partial charge in [-0.1, -0.05) is 44.8 Å². The van der Waals surface area contributed by atoms with E-state index < -0.39 is 5.91 Å². The van der Waals surface area contributed by atoms with E-state index in [4.69, 9.17) is 16.1 Å². The van der Waals surface area contributed by atoms with Gasteiger partial charge in [0.25, 0.3) is 5.91 Å². The highest BCUT2D eigenvalue weighted by Crippen LogP contribution is 2.18. The summed E-state index contributed by atoms with van der Waals surface area (Å²) in [5.74, 6) is 0.576. The second-order valence-electron chi connectivity index (χ2n) is 6.40. The van der Waals surface area contributed by atoms with Gasteiger partial charge in [0, 0.05) is 28.5 Å². The first-order valence-corrected chi connectivity index (χ1v) is 9.87. The van der Waals surface area contributed by atoms with Gasteiger partial charge in [-0.05, 0) is 24.6 Å². The maximum atomic E-state index is 12.7. The van der Waals surface area contributed by atoms with Crippen molar-refractivity contribution in [2.24, 2.45) is 0 Å². The lowest BCUT2D eigenvalue weighted by atomic mass is 10.2. The molecule has 3 heterocycles. The third-order valence-corrected chi connectivity index (χ3v) is 4.99. The molecule has 10 heteroatoms. The Kier molecular flexibility index (Phi) is 5.50. The number of anilines is 1. The van der Waals surface area contributed by atoms with Crippen LogP contribution in [-0.4, -0.2) is 30.6 Å². The van der Waals surface area contributed by atoms with Crippen molar-refractivity contribution in [3.63, 3.8) is 0 Å². The van der Waals surface area contributed by atoms with Gasteiger partial charge in [0.05, 0.1) is 24.3 Å². The van der Waals surface area contributed by atoms with Crippen LogP contribution in [0.2, 0.25) is 5.02 Å². The fraction of sp³-hybridized carbons (Fsp3) is 0.158. The Morgan fingerprint density at radius 2 is 2.00 bits per heavy atom. The van der Waals surface area contributed by atoms with E-state index in [2.05, 4.69) is 36.6 Å². The van der Waals surface area contributed by atoms with Crippen LogP contribution >= 0.6 is 27.5 Å². The van der Waals surface area contributed by atoms with E-state index in [0.717, 1.165) is 10.0 Å². The fourth-order valence-electron chi connectivity index (χ4n) is 2.81. The normalized spacial score (nSPS) is 11.0. The molecule has 0 saturated carbocycles. The van der Waals surface area contributed by atoms with Gasteiger partial charge in [-0.3, -0.25) is 14.2 Å². The summed E-state index contributed by atoms with van der Waals surface area (Å²) in [4.78, 5) is 12.7. The van der Waals surface area contributed by atoms with Crippen LogP contribution in [0.1, 0.15) is 27.4 Å². The SMILES string of the molecule is Cc1onc(C(=O)Nc2ccn(Cc3ccc(Br)cc3)n2)c1Cn1cc(Cl)cn1. The Hall–Kier alpha value is -2.91. The van der Waals surface area contributed by atoms with E-state index in [1.54, 1.807) is 34.7 Å². The minimum absolute atomic E-state index is 0.191. The number of aromatic nitrogens is 5. The van der Waals surface area contributed by atoms with Crippen molar-refractivity contribution < 1.29 is 9.32 Å². The zero-order chi connectivity index (χ0) is 20.4. The average molecular weight is 476 g/mol. The van der Waals surface area contributed by atoms with Crippen molar-refractivity contribution in [2.45, 2.75) is 20.0 Å². The molecule has 1 amide bonds. The lowest BCUT2D eigenvalue weighted by molar-refractivity contribution is 0.101. The molecule has 3 aromatic heterocycles. The molecule has 0 bridgehead atoms. The molecule has 1 N–H and O–H groups in total. The first-order valence-electron chi connectivity index (χ1n) is 8.70. The third kappa shape index (κ3) is 4.57. The van der Waals surface area contributed by atoms with Crippen molar-refractivity contribution in [3.8, 4) is 0 Å². The summed E-state index contributed by atoms with van der Waals surface area (Å²) in [6, 6.07) is 9.70. The zero-order valence-electron chi connectivity index (χ0n) is 15.3.